The second kappa shape index (κ2) is 11.7. The molecule has 0 aliphatic carbocycles. The minimum absolute atomic E-state index is 0.247. The van der Waals surface area contributed by atoms with Crippen molar-refractivity contribution in [1.82, 2.24) is 10.8 Å². The summed E-state index contributed by atoms with van der Waals surface area (Å²) in [5.41, 5.74) is 2.53. The summed E-state index contributed by atoms with van der Waals surface area (Å²) in [6, 6.07) is 13.5. The molecule has 0 saturated carbocycles. The number of amides is 2. The number of fused-ring (bicyclic) bond motifs is 1. The number of rotatable bonds is 12. The number of hydroxylamine groups is 1. The van der Waals surface area contributed by atoms with Crippen molar-refractivity contribution >= 4 is 22.8 Å². The van der Waals surface area contributed by atoms with Crippen molar-refractivity contribution in [2.24, 2.45) is 0 Å². The molecule has 0 atom stereocenters. The van der Waals surface area contributed by atoms with E-state index in [2.05, 4.69) is 5.32 Å². The average molecular weight is 442 g/mol. The first-order valence-electron chi connectivity index (χ1n) is 10.2. The number of methoxy groups -OCH3 is 1. The summed E-state index contributed by atoms with van der Waals surface area (Å²) >= 11 is 0. The Kier molecular flexibility index (Phi) is 8.47. The molecule has 3 N–H and O–H groups in total. The molecule has 3 aromatic rings. The van der Waals surface area contributed by atoms with Gasteiger partial charge in [0.15, 0.2) is 5.76 Å². The van der Waals surface area contributed by atoms with Crippen LogP contribution in [0.2, 0.25) is 0 Å². The molecule has 9 heteroatoms. The number of unbranched alkanes of at least 4 members (excludes halogenated alkanes) is 1. The molecule has 0 fully saturated rings. The van der Waals surface area contributed by atoms with Gasteiger partial charge in [-0.25, -0.2) is 5.48 Å². The lowest BCUT2D eigenvalue weighted by atomic mass is 10.2. The highest BCUT2D eigenvalue weighted by molar-refractivity contribution is 5.96. The lowest BCUT2D eigenvalue weighted by molar-refractivity contribution is 0.0706. The Bertz CT molecular complexity index is 1030. The highest BCUT2D eigenvalue weighted by Gasteiger charge is 2.12. The molecule has 0 spiro atoms. The van der Waals surface area contributed by atoms with Gasteiger partial charge in [0, 0.05) is 24.6 Å². The lowest BCUT2D eigenvalue weighted by Crippen LogP contribution is -2.24. The van der Waals surface area contributed by atoms with E-state index in [1.54, 1.807) is 55.1 Å². The Hall–Kier alpha value is -3.56. The van der Waals surface area contributed by atoms with Crippen LogP contribution in [0.15, 0.2) is 52.9 Å². The van der Waals surface area contributed by atoms with Crippen molar-refractivity contribution in [3.05, 3.63) is 59.9 Å². The van der Waals surface area contributed by atoms with Crippen LogP contribution in [0.25, 0.3) is 11.0 Å². The Balaban J connectivity index is 1.38. The number of hydrogen-bond donors (Lipinski definition) is 3. The molecule has 0 radical (unpaired) electrons. The van der Waals surface area contributed by atoms with E-state index in [-0.39, 0.29) is 11.7 Å². The Morgan fingerprint density at radius 1 is 0.906 bits per heavy atom. The van der Waals surface area contributed by atoms with Gasteiger partial charge in [-0.3, -0.25) is 14.8 Å². The summed E-state index contributed by atoms with van der Waals surface area (Å²) in [7, 11) is 1.61. The van der Waals surface area contributed by atoms with Crippen LogP contribution < -0.4 is 20.3 Å². The average Bonchev–Trinajstić information content (AvgIpc) is 3.25. The van der Waals surface area contributed by atoms with Gasteiger partial charge in [0.2, 0.25) is 0 Å². The molecule has 32 heavy (non-hydrogen) atoms. The van der Waals surface area contributed by atoms with E-state index in [9.17, 15) is 9.59 Å². The Labute approximate surface area is 185 Å². The molecule has 0 aliphatic rings. The maximum atomic E-state index is 12.3. The van der Waals surface area contributed by atoms with E-state index in [1.165, 1.54) is 0 Å². The quantitative estimate of drug-likeness (QED) is 0.224. The van der Waals surface area contributed by atoms with Gasteiger partial charge in [0.25, 0.3) is 11.8 Å². The van der Waals surface area contributed by atoms with Crippen LogP contribution in [-0.4, -0.2) is 50.5 Å². The number of benzene rings is 2. The zero-order valence-corrected chi connectivity index (χ0v) is 17.8. The number of carbonyl (C=O) groups is 2. The number of furan rings is 1. The Morgan fingerprint density at radius 2 is 1.66 bits per heavy atom. The SMILES string of the molecule is COCCOc1ccc2oc(C(=O)NCCCCOc3ccc(C(=O)NO)cc3)cc2c1. The first kappa shape index (κ1) is 23.1. The topological polar surface area (TPSA) is 119 Å². The van der Waals surface area contributed by atoms with Crippen molar-refractivity contribution in [2.45, 2.75) is 12.8 Å². The molecule has 1 heterocycles. The first-order chi connectivity index (χ1) is 15.6. The standard InChI is InChI=1S/C23H26N2O7/c1-29-12-13-31-19-8-9-20-17(14-19)15-21(32-20)23(27)24-10-2-3-11-30-18-6-4-16(5-7-18)22(26)25-28/h4-9,14-15,28H,2-3,10-13H2,1H3,(H,24,27)(H,25,26). The fraction of sp³-hybridized carbons (Fsp3) is 0.304. The van der Waals surface area contributed by atoms with Crippen LogP contribution in [0.1, 0.15) is 33.8 Å². The van der Waals surface area contributed by atoms with Gasteiger partial charge in [0.1, 0.15) is 23.7 Å². The van der Waals surface area contributed by atoms with E-state index in [0.717, 1.165) is 18.2 Å². The smallest absolute Gasteiger partial charge is 0.287 e. The summed E-state index contributed by atoms with van der Waals surface area (Å²) in [5.74, 6) is 0.705. The van der Waals surface area contributed by atoms with E-state index in [4.69, 9.17) is 23.8 Å². The van der Waals surface area contributed by atoms with Gasteiger partial charge in [-0.15, -0.1) is 0 Å². The van der Waals surface area contributed by atoms with Crippen molar-refractivity contribution < 1.29 is 33.4 Å². The number of carbonyl (C=O) groups excluding carboxylic acids is 2. The number of hydrogen-bond acceptors (Lipinski definition) is 7. The fourth-order valence-electron chi connectivity index (χ4n) is 2.94. The van der Waals surface area contributed by atoms with Crippen LogP contribution in [0.3, 0.4) is 0 Å². The third kappa shape index (κ3) is 6.47. The zero-order valence-electron chi connectivity index (χ0n) is 17.8. The van der Waals surface area contributed by atoms with Gasteiger partial charge in [0.05, 0.1) is 13.2 Å². The monoisotopic (exact) mass is 442 g/mol. The molecule has 1 aromatic heterocycles. The highest BCUT2D eigenvalue weighted by atomic mass is 16.5. The Morgan fingerprint density at radius 3 is 2.41 bits per heavy atom. The van der Waals surface area contributed by atoms with Crippen LogP contribution in [0.5, 0.6) is 11.5 Å². The molecule has 170 valence electrons. The van der Waals surface area contributed by atoms with Crippen LogP contribution >= 0.6 is 0 Å². The van der Waals surface area contributed by atoms with Crippen LogP contribution in [0, 0.1) is 0 Å². The van der Waals surface area contributed by atoms with E-state index < -0.39 is 5.91 Å². The van der Waals surface area contributed by atoms with E-state index in [1.807, 2.05) is 6.07 Å². The summed E-state index contributed by atoms with van der Waals surface area (Å²) < 4.78 is 21.8. The zero-order chi connectivity index (χ0) is 22.8. The fourth-order valence-corrected chi connectivity index (χ4v) is 2.94. The second-order valence-electron chi connectivity index (χ2n) is 6.93. The summed E-state index contributed by atoms with van der Waals surface area (Å²) in [6.45, 7) is 1.90. The molecule has 2 amide bonds. The van der Waals surface area contributed by atoms with Crippen molar-refractivity contribution in [3.63, 3.8) is 0 Å². The van der Waals surface area contributed by atoms with Crippen molar-refractivity contribution in [2.75, 3.05) is 33.5 Å². The van der Waals surface area contributed by atoms with Gasteiger partial charge in [-0.05, 0) is 61.4 Å². The molecule has 0 bridgehead atoms. The second-order valence-corrected chi connectivity index (χ2v) is 6.93. The summed E-state index contributed by atoms with van der Waals surface area (Å²) in [5, 5.41) is 12.2. The highest BCUT2D eigenvalue weighted by Crippen LogP contribution is 2.24. The largest absolute Gasteiger partial charge is 0.494 e. The maximum absolute atomic E-state index is 12.3. The molecule has 0 aliphatic heterocycles. The van der Waals surface area contributed by atoms with Crippen LogP contribution in [0.4, 0.5) is 0 Å². The minimum Gasteiger partial charge on any atom is -0.494 e. The molecule has 3 rings (SSSR count). The molecule has 9 nitrogen and oxygen atoms in total. The van der Waals surface area contributed by atoms with Gasteiger partial charge >= 0.3 is 0 Å². The molecule has 0 saturated heterocycles. The van der Waals surface area contributed by atoms with Gasteiger partial charge < -0.3 is 23.9 Å². The van der Waals surface area contributed by atoms with Crippen molar-refractivity contribution in [1.29, 1.82) is 0 Å². The third-order valence-corrected chi connectivity index (χ3v) is 4.61. The third-order valence-electron chi connectivity index (χ3n) is 4.61. The van der Waals surface area contributed by atoms with E-state index in [0.29, 0.717) is 49.0 Å². The first-order valence-corrected chi connectivity index (χ1v) is 10.2. The summed E-state index contributed by atoms with van der Waals surface area (Å²) in [6.07, 6.45) is 1.47. The lowest BCUT2D eigenvalue weighted by Gasteiger charge is -2.07. The summed E-state index contributed by atoms with van der Waals surface area (Å²) in [4.78, 5) is 23.6. The molecular formula is C23H26N2O7. The molecule has 0 unspecified atom stereocenters. The molecular weight excluding hydrogens is 416 g/mol. The van der Waals surface area contributed by atoms with Crippen molar-refractivity contribution in [3.8, 4) is 11.5 Å². The number of ether oxygens (including phenoxy) is 3. The minimum atomic E-state index is -0.576. The van der Waals surface area contributed by atoms with Crippen LogP contribution in [-0.2, 0) is 4.74 Å². The predicted molar refractivity (Wildman–Crippen MR) is 116 cm³/mol. The normalized spacial score (nSPS) is 10.7. The predicted octanol–water partition coefficient (Wildman–Crippen LogP) is 3.17. The number of nitrogens with one attached hydrogen (secondary N) is 2. The van der Waals surface area contributed by atoms with E-state index >= 15 is 0 Å². The van der Waals surface area contributed by atoms with Gasteiger partial charge in [-0.1, -0.05) is 0 Å². The van der Waals surface area contributed by atoms with Gasteiger partial charge in [-0.2, -0.15) is 0 Å². The molecule has 2 aromatic carbocycles. The maximum Gasteiger partial charge on any atom is 0.287 e.